The summed E-state index contributed by atoms with van der Waals surface area (Å²) in [5.74, 6) is 0.736. The number of benzene rings is 2. The Kier molecular flexibility index (Phi) is 3.93. The third kappa shape index (κ3) is 2.98. The summed E-state index contributed by atoms with van der Waals surface area (Å²) in [5.41, 5.74) is 8.24. The van der Waals surface area contributed by atoms with Gasteiger partial charge in [-0.3, -0.25) is 0 Å². The van der Waals surface area contributed by atoms with Gasteiger partial charge in [0.1, 0.15) is 11.8 Å². The summed E-state index contributed by atoms with van der Waals surface area (Å²) in [6.07, 6.45) is 0. The highest BCUT2D eigenvalue weighted by molar-refractivity contribution is 9.10. The molecule has 2 rings (SSSR count). The van der Waals surface area contributed by atoms with E-state index in [0.29, 0.717) is 16.9 Å². The summed E-state index contributed by atoms with van der Waals surface area (Å²) in [6, 6.07) is 12.9. The predicted octanol–water partition coefficient (Wildman–Crippen LogP) is 3.66. The van der Waals surface area contributed by atoms with Crippen LogP contribution in [0, 0.1) is 11.3 Å². The molecule has 0 fully saturated rings. The molecule has 0 aliphatic carbocycles. The van der Waals surface area contributed by atoms with Gasteiger partial charge in [0.2, 0.25) is 0 Å². The highest BCUT2D eigenvalue weighted by Crippen LogP contribution is 2.31. The van der Waals surface area contributed by atoms with Crippen LogP contribution in [0.3, 0.4) is 0 Å². The standard InChI is InChI=1S/C14H12BrN3O/c1-19-11-3-4-12(15)14(7-11)18-13-5-2-10(17)6-9(13)8-16/h2-7,18H,17H2,1H3. The number of hydrogen-bond acceptors (Lipinski definition) is 4. The fourth-order valence-electron chi connectivity index (χ4n) is 1.64. The van der Waals surface area contributed by atoms with Crippen LogP contribution < -0.4 is 15.8 Å². The molecule has 0 aromatic heterocycles. The average Bonchev–Trinajstić information content (AvgIpc) is 2.43. The molecule has 2 aromatic carbocycles. The largest absolute Gasteiger partial charge is 0.497 e. The first-order valence-electron chi connectivity index (χ1n) is 5.54. The monoisotopic (exact) mass is 317 g/mol. The zero-order valence-corrected chi connectivity index (χ0v) is 11.9. The minimum absolute atomic E-state index is 0.495. The number of nitrogen functional groups attached to an aromatic ring is 1. The Balaban J connectivity index is 2.39. The van der Waals surface area contributed by atoms with Crippen LogP contribution in [0.4, 0.5) is 17.1 Å². The van der Waals surface area contributed by atoms with Crippen LogP contribution in [0.5, 0.6) is 5.75 Å². The lowest BCUT2D eigenvalue weighted by atomic mass is 10.1. The van der Waals surface area contributed by atoms with Crippen LogP contribution in [0.25, 0.3) is 0 Å². The number of ether oxygens (including phenoxy) is 1. The summed E-state index contributed by atoms with van der Waals surface area (Å²) in [6.45, 7) is 0. The molecule has 0 aliphatic heterocycles. The minimum atomic E-state index is 0.495. The van der Waals surface area contributed by atoms with E-state index in [1.54, 1.807) is 25.3 Å². The average molecular weight is 318 g/mol. The third-order valence-corrected chi connectivity index (χ3v) is 3.30. The van der Waals surface area contributed by atoms with Crippen molar-refractivity contribution in [3.05, 3.63) is 46.4 Å². The van der Waals surface area contributed by atoms with Crippen LogP contribution in [0.15, 0.2) is 40.9 Å². The van der Waals surface area contributed by atoms with E-state index in [4.69, 9.17) is 15.7 Å². The molecule has 0 unspecified atom stereocenters. The lowest BCUT2D eigenvalue weighted by Crippen LogP contribution is -1.96. The number of nitriles is 1. The lowest BCUT2D eigenvalue weighted by Gasteiger charge is -2.12. The van der Waals surface area contributed by atoms with Crippen molar-refractivity contribution in [1.29, 1.82) is 5.26 Å². The Hall–Kier alpha value is -2.19. The third-order valence-electron chi connectivity index (χ3n) is 2.61. The Morgan fingerprint density at radius 2 is 2.00 bits per heavy atom. The highest BCUT2D eigenvalue weighted by atomic mass is 79.9. The second kappa shape index (κ2) is 5.63. The van der Waals surface area contributed by atoms with Gasteiger partial charge < -0.3 is 15.8 Å². The number of halogens is 1. The molecule has 0 radical (unpaired) electrons. The second-order valence-corrected chi connectivity index (χ2v) is 4.74. The number of rotatable bonds is 3. The Morgan fingerprint density at radius 3 is 2.68 bits per heavy atom. The molecule has 0 atom stereocenters. The van der Waals surface area contributed by atoms with Crippen molar-refractivity contribution in [2.45, 2.75) is 0 Å². The molecule has 0 spiro atoms. The zero-order valence-electron chi connectivity index (χ0n) is 10.3. The van der Waals surface area contributed by atoms with Crippen molar-refractivity contribution in [1.82, 2.24) is 0 Å². The Bertz CT molecular complexity index is 650. The SMILES string of the molecule is COc1ccc(Br)c(Nc2ccc(N)cc2C#N)c1. The van der Waals surface area contributed by atoms with Crippen molar-refractivity contribution < 1.29 is 4.74 Å². The first kappa shape index (κ1) is 13.2. The summed E-state index contributed by atoms with van der Waals surface area (Å²) in [5, 5.41) is 12.3. The minimum Gasteiger partial charge on any atom is -0.497 e. The Morgan fingerprint density at radius 1 is 1.21 bits per heavy atom. The molecule has 96 valence electrons. The van der Waals surface area contributed by atoms with Crippen molar-refractivity contribution in [2.24, 2.45) is 0 Å². The van der Waals surface area contributed by atoms with Gasteiger partial charge >= 0.3 is 0 Å². The molecule has 0 bridgehead atoms. The fraction of sp³-hybridized carbons (Fsp3) is 0.0714. The van der Waals surface area contributed by atoms with Crippen LogP contribution in [0.2, 0.25) is 0 Å². The number of nitrogens with zero attached hydrogens (tertiary/aromatic N) is 1. The molecular weight excluding hydrogens is 306 g/mol. The van der Waals surface area contributed by atoms with Crippen LogP contribution >= 0.6 is 15.9 Å². The maximum atomic E-state index is 9.11. The smallest absolute Gasteiger partial charge is 0.121 e. The molecule has 5 heteroatoms. The quantitative estimate of drug-likeness (QED) is 0.847. The van der Waals surface area contributed by atoms with Crippen LogP contribution in [-0.2, 0) is 0 Å². The van der Waals surface area contributed by atoms with E-state index in [9.17, 15) is 0 Å². The Labute approximate surface area is 119 Å². The highest BCUT2D eigenvalue weighted by Gasteiger charge is 2.06. The van der Waals surface area contributed by atoms with E-state index in [1.807, 2.05) is 18.2 Å². The van der Waals surface area contributed by atoms with Gasteiger partial charge in [0.15, 0.2) is 0 Å². The molecule has 3 N–H and O–H groups in total. The van der Waals surface area contributed by atoms with Crippen molar-refractivity contribution >= 4 is 33.0 Å². The van der Waals surface area contributed by atoms with Crippen molar-refractivity contribution in [2.75, 3.05) is 18.2 Å². The number of nitrogens with two attached hydrogens (primary N) is 1. The second-order valence-electron chi connectivity index (χ2n) is 3.89. The molecule has 4 nitrogen and oxygen atoms in total. The van der Waals surface area contributed by atoms with Crippen LogP contribution in [0.1, 0.15) is 5.56 Å². The summed E-state index contributed by atoms with van der Waals surface area (Å²) in [4.78, 5) is 0. The van der Waals surface area contributed by atoms with E-state index in [0.717, 1.165) is 15.9 Å². The van der Waals surface area contributed by atoms with Crippen LogP contribution in [-0.4, -0.2) is 7.11 Å². The normalized spacial score (nSPS) is 9.74. The van der Waals surface area contributed by atoms with Gasteiger partial charge in [-0.15, -0.1) is 0 Å². The van der Waals surface area contributed by atoms with Crippen molar-refractivity contribution in [3.8, 4) is 11.8 Å². The number of methoxy groups -OCH3 is 1. The first-order valence-corrected chi connectivity index (χ1v) is 6.33. The molecular formula is C14H12BrN3O. The van der Waals surface area contributed by atoms with E-state index < -0.39 is 0 Å². The first-order chi connectivity index (χ1) is 9.13. The summed E-state index contributed by atoms with van der Waals surface area (Å²) >= 11 is 3.45. The van der Waals surface area contributed by atoms with Gasteiger partial charge in [-0.05, 0) is 46.3 Å². The maximum absolute atomic E-state index is 9.11. The number of hydrogen-bond donors (Lipinski definition) is 2. The number of nitrogens with one attached hydrogen (secondary N) is 1. The van der Waals surface area contributed by atoms with Gasteiger partial charge in [-0.2, -0.15) is 5.26 Å². The molecule has 0 aliphatic rings. The van der Waals surface area contributed by atoms with Gasteiger partial charge in [-0.25, -0.2) is 0 Å². The van der Waals surface area contributed by atoms with E-state index >= 15 is 0 Å². The molecule has 0 heterocycles. The van der Waals surface area contributed by atoms with Gasteiger partial charge in [0.05, 0.1) is 24.0 Å². The molecule has 19 heavy (non-hydrogen) atoms. The van der Waals surface area contributed by atoms with Gasteiger partial charge in [0.25, 0.3) is 0 Å². The summed E-state index contributed by atoms with van der Waals surface area (Å²) in [7, 11) is 1.61. The van der Waals surface area contributed by atoms with Gasteiger partial charge in [0, 0.05) is 16.2 Å². The maximum Gasteiger partial charge on any atom is 0.121 e. The lowest BCUT2D eigenvalue weighted by molar-refractivity contribution is 0.415. The van der Waals surface area contributed by atoms with Crippen molar-refractivity contribution in [3.63, 3.8) is 0 Å². The predicted molar refractivity (Wildman–Crippen MR) is 79.5 cm³/mol. The van der Waals surface area contributed by atoms with E-state index in [-0.39, 0.29) is 0 Å². The fourth-order valence-corrected chi connectivity index (χ4v) is 1.98. The van der Waals surface area contributed by atoms with E-state index in [2.05, 4.69) is 27.3 Å². The van der Waals surface area contributed by atoms with Gasteiger partial charge in [-0.1, -0.05) is 0 Å². The molecule has 0 saturated carbocycles. The topological polar surface area (TPSA) is 71.1 Å². The number of anilines is 3. The molecule has 0 saturated heterocycles. The zero-order chi connectivity index (χ0) is 13.8. The summed E-state index contributed by atoms with van der Waals surface area (Å²) < 4.78 is 6.06. The molecule has 2 aromatic rings. The molecule has 0 amide bonds. The van der Waals surface area contributed by atoms with E-state index in [1.165, 1.54) is 0 Å².